The molecule has 1 heterocycles. The molecule has 116 valence electrons. The van der Waals surface area contributed by atoms with Gasteiger partial charge in [0.05, 0.1) is 12.6 Å². The van der Waals surface area contributed by atoms with Crippen LogP contribution in [0.4, 0.5) is 0 Å². The Kier molecular flexibility index (Phi) is 5.40. The number of benzene rings is 1. The number of aryl methyl sites for hydroxylation is 2. The Morgan fingerprint density at radius 2 is 1.95 bits per heavy atom. The molecule has 1 aromatic carbocycles. The number of nitrogens with one attached hydrogen (secondary N) is 1. The van der Waals surface area contributed by atoms with Crippen molar-refractivity contribution in [2.75, 3.05) is 19.6 Å². The predicted octanol–water partition coefficient (Wildman–Crippen LogP) is 3.21. The monoisotopic (exact) mass is 288 g/mol. The van der Waals surface area contributed by atoms with E-state index in [9.17, 15) is 4.79 Å². The van der Waals surface area contributed by atoms with Crippen LogP contribution < -0.4 is 5.32 Å². The smallest absolute Gasteiger partial charge is 0.234 e. The molecule has 1 atom stereocenters. The second-order valence-corrected chi connectivity index (χ2v) is 6.59. The van der Waals surface area contributed by atoms with Crippen molar-refractivity contribution in [2.45, 2.75) is 46.6 Å². The fraction of sp³-hybridized carbons (Fsp3) is 0.611. The lowest BCUT2D eigenvalue weighted by molar-refractivity contribution is -0.123. The Bertz CT molecular complexity index is 490. The van der Waals surface area contributed by atoms with Crippen molar-refractivity contribution in [2.24, 2.45) is 5.92 Å². The highest BCUT2D eigenvalue weighted by Gasteiger charge is 2.19. The van der Waals surface area contributed by atoms with Crippen LogP contribution in [0, 0.1) is 19.8 Å². The molecule has 1 N–H and O–H groups in total. The van der Waals surface area contributed by atoms with E-state index in [2.05, 4.69) is 56.1 Å². The molecule has 1 aliphatic heterocycles. The van der Waals surface area contributed by atoms with Gasteiger partial charge in [0.1, 0.15) is 0 Å². The maximum atomic E-state index is 12.2. The van der Waals surface area contributed by atoms with E-state index < -0.39 is 0 Å². The minimum atomic E-state index is 0.0699. The van der Waals surface area contributed by atoms with Gasteiger partial charge in [-0.1, -0.05) is 25.1 Å². The molecule has 1 amide bonds. The van der Waals surface area contributed by atoms with E-state index in [4.69, 9.17) is 0 Å². The first-order valence-electron chi connectivity index (χ1n) is 8.04. The molecule has 0 spiro atoms. The first-order valence-corrected chi connectivity index (χ1v) is 8.04. The largest absolute Gasteiger partial charge is 0.348 e. The van der Waals surface area contributed by atoms with Crippen molar-refractivity contribution in [3.05, 3.63) is 34.9 Å². The summed E-state index contributed by atoms with van der Waals surface area (Å²) in [7, 11) is 0. The summed E-state index contributed by atoms with van der Waals surface area (Å²) in [5.74, 6) is 0.939. The molecular weight excluding hydrogens is 260 g/mol. The fourth-order valence-electron chi connectivity index (χ4n) is 2.83. The molecule has 0 radical (unpaired) electrons. The first kappa shape index (κ1) is 16.0. The van der Waals surface area contributed by atoms with Crippen LogP contribution in [0.1, 0.15) is 49.4 Å². The van der Waals surface area contributed by atoms with Gasteiger partial charge >= 0.3 is 0 Å². The lowest BCUT2D eigenvalue weighted by atomic mass is 9.99. The highest BCUT2D eigenvalue weighted by molar-refractivity contribution is 5.78. The Hall–Kier alpha value is -1.35. The van der Waals surface area contributed by atoms with Crippen LogP contribution in [0.15, 0.2) is 18.2 Å². The number of hydrogen-bond acceptors (Lipinski definition) is 2. The van der Waals surface area contributed by atoms with E-state index in [1.54, 1.807) is 0 Å². The SMILES string of the molecule is Cc1ccc([C@H](C)NC(=O)CN2CCC(C)CC2)cc1C. The third-order valence-corrected chi connectivity index (χ3v) is 4.65. The fourth-order valence-corrected chi connectivity index (χ4v) is 2.83. The molecule has 1 saturated heterocycles. The summed E-state index contributed by atoms with van der Waals surface area (Å²) in [6.45, 7) is 11.2. The maximum Gasteiger partial charge on any atom is 0.234 e. The van der Waals surface area contributed by atoms with E-state index in [1.165, 1.54) is 29.5 Å². The molecule has 1 aliphatic rings. The number of amides is 1. The molecule has 3 heteroatoms. The number of hydrogen-bond donors (Lipinski definition) is 1. The van der Waals surface area contributed by atoms with Crippen LogP contribution in [0.3, 0.4) is 0 Å². The van der Waals surface area contributed by atoms with E-state index in [0.29, 0.717) is 6.54 Å². The lowest BCUT2D eigenvalue weighted by Gasteiger charge is -2.30. The second kappa shape index (κ2) is 7.08. The number of likely N-dealkylation sites (tertiary alicyclic amines) is 1. The highest BCUT2D eigenvalue weighted by Crippen LogP contribution is 2.18. The van der Waals surface area contributed by atoms with Gasteiger partial charge < -0.3 is 5.32 Å². The van der Waals surface area contributed by atoms with Gasteiger partial charge in [-0.15, -0.1) is 0 Å². The molecule has 1 fully saturated rings. The van der Waals surface area contributed by atoms with Gasteiger partial charge in [-0.25, -0.2) is 0 Å². The number of nitrogens with zero attached hydrogens (tertiary/aromatic N) is 1. The molecule has 0 unspecified atom stereocenters. The topological polar surface area (TPSA) is 32.3 Å². The normalized spacial score (nSPS) is 18.5. The van der Waals surface area contributed by atoms with Crippen LogP contribution in [-0.2, 0) is 4.79 Å². The van der Waals surface area contributed by atoms with E-state index >= 15 is 0 Å². The van der Waals surface area contributed by atoms with Gasteiger partial charge in [-0.3, -0.25) is 9.69 Å². The van der Waals surface area contributed by atoms with Crippen molar-refractivity contribution in [1.82, 2.24) is 10.2 Å². The van der Waals surface area contributed by atoms with Gasteiger partial charge in [0, 0.05) is 0 Å². The molecule has 0 aliphatic carbocycles. The minimum Gasteiger partial charge on any atom is -0.348 e. The van der Waals surface area contributed by atoms with Crippen LogP contribution >= 0.6 is 0 Å². The average Bonchev–Trinajstić information content (AvgIpc) is 2.44. The third-order valence-electron chi connectivity index (χ3n) is 4.65. The number of piperidine rings is 1. The standard InChI is InChI=1S/C18H28N2O/c1-13-7-9-20(10-8-13)12-18(21)19-16(4)17-6-5-14(2)15(3)11-17/h5-6,11,13,16H,7-10,12H2,1-4H3,(H,19,21)/t16-/m0/s1. The number of carbonyl (C=O) groups is 1. The Labute approximate surface area is 128 Å². The van der Waals surface area contributed by atoms with Gasteiger partial charge in [0.2, 0.25) is 5.91 Å². The van der Waals surface area contributed by atoms with Gasteiger partial charge in [0.15, 0.2) is 0 Å². The van der Waals surface area contributed by atoms with E-state index in [0.717, 1.165) is 19.0 Å². The summed E-state index contributed by atoms with van der Waals surface area (Å²) in [4.78, 5) is 14.4. The highest BCUT2D eigenvalue weighted by atomic mass is 16.2. The van der Waals surface area contributed by atoms with Crippen molar-refractivity contribution in [3.8, 4) is 0 Å². The maximum absolute atomic E-state index is 12.2. The summed E-state index contributed by atoms with van der Waals surface area (Å²) >= 11 is 0. The van der Waals surface area contributed by atoms with Crippen molar-refractivity contribution < 1.29 is 4.79 Å². The molecule has 1 aromatic rings. The van der Waals surface area contributed by atoms with Crippen molar-refractivity contribution >= 4 is 5.91 Å². The van der Waals surface area contributed by atoms with Crippen molar-refractivity contribution in [1.29, 1.82) is 0 Å². The molecule has 2 rings (SSSR count). The zero-order chi connectivity index (χ0) is 15.4. The van der Waals surface area contributed by atoms with Crippen LogP contribution in [0.5, 0.6) is 0 Å². The Morgan fingerprint density at radius 3 is 2.57 bits per heavy atom. The quantitative estimate of drug-likeness (QED) is 0.922. The average molecular weight is 288 g/mol. The van der Waals surface area contributed by atoms with Gasteiger partial charge in [-0.05, 0) is 69.3 Å². The lowest BCUT2D eigenvalue weighted by Crippen LogP contribution is -2.41. The Balaban J connectivity index is 1.85. The molecule has 0 bridgehead atoms. The second-order valence-electron chi connectivity index (χ2n) is 6.59. The molecule has 21 heavy (non-hydrogen) atoms. The zero-order valence-corrected chi connectivity index (χ0v) is 13.8. The van der Waals surface area contributed by atoms with E-state index in [-0.39, 0.29) is 11.9 Å². The van der Waals surface area contributed by atoms with Crippen molar-refractivity contribution in [3.63, 3.8) is 0 Å². The summed E-state index contributed by atoms with van der Waals surface area (Å²) in [6, 6.07) is 6.47. The molecule has 0 saturated carbocycles. The first-order chi connectivity index (χ1) is 9.95. The molecule has 3 nitrogen and oxygen atoms in total. The predicted molar refractivity (Wildman–Crippen MR) is 87.3 cm³/mol. The molecular formula is C18H28N2O. The number of carbonyl (C=O) groups excluding carboxylic acids is 1. The third kappa shape index (κ3) is 4.57. The molecule has 0 aromatic heterocycles. The summed E-state index contributed by atoms with van der Waals surface area (Å²) in [6.07, 6.45) is 2.42. The van der Waals surface area contributed by atoms with Gasteiger partial charge in [-0.2, -0.15) is 0 Å². The van der Waals surface area contributed by atoms with E-state index in [1.807, 2.05) is 0 Å². The zero-order valence-electron chi connectivity index (χ0n) is 13.8. The summed E-state index contributed by atoms with van der Waals surface area (Å²) in [5.41, 5.74) is 3.75. The number of rotatable bonds is 4. The minimum absolute atomic E-state index is 0.0699. The summed E-state index contributed by atoms with van der Waals surface area (Å²) in [5, 5.41) is 3.12. The summed E-state index contributed by atoms with van der Waals surface area (Å²) < 4.78 is 0. The van der Waals surface area contributed by atoms with Gasteiger partial charge in [0.25, 0.3) is 0 Å². The van der Waals surface area contributed by atoms with Crippen LogP contribution in [0.25, 0.3) is 0 Å². The Morgan fingerprint density at radius 1 is 1.29 bits per heavy atom. The van der Waals surface area contributed by atoms with Crippen LogP contribution in [0.2, 0.25) is 0 Å². The van der Waals surface area contributed by atoms with Crippen LogP contribution in [-0.4, -0.2) is 30.4 Å².